The summed E-state index contributed by atoms with van der Waals surface area (Å²) in [5.41, 5.74) is -0.153. The van der Waals surface area contributed by atoms with E-state index < -0.39 is 0 Å². The lowest BCUT2D eigenvalue weighted by molar-refractivity contribution is -0.129. The monoisotopic (exact) mass is 349 g/mol. The lowest BCUT2D eigenvalue weighted by atomic mass is 9.86. The lowest BCUT2D eigenvalue weighted by Crippen LogP contribution is -2.60. The molecular formula is C18H27N3O4. The highest BCUT2D eigenvalue weighted by atomic mass is 16.5. The zero-order valence-electron chi connectivity index (χ0n) is 15.3. The first-order valence-electron chi connectivity index (χ1n) is 8.77. The van der Waals surface area contributed by atoms with E-state index in [9.17, 15) is 9.59 Å². The molecule has 0 N–H and O–H groups in total. The van der Waals surface area contributed by atoms with Crippen molar-refractivity contribution in [3.05, 3.63) is 28.3 Å². The molecule has 1 spiro atoms. The second-order valence-corrected chi connectivity index (χ2v) is 7.20. The van der Waals surface area contributed by atoms with Gasteiger partial charge in [0.25, 0.3) is 0 Å². The fraction of sp³-hybridized carbons (Fsp3) is 0.667. The summed E-state index contributed by atoms with van der Waals surface area (Å²) in [6.45, 7) is 4.11. The highest BCUT2D eigenvalue weighted by Crippen LogP contribution is 2.32. The van der Waals surface area contributed by atoms with Crippen LogP contribution in [0.3, 0.4) is 0 Å². The van der Waals surface area contributed by atoms with Gasteiger partial charge in [0.15, 0.2) is 0 Å². The van der Waals surface area contributed by atoms with Gasteiger partial charge in [-0.1, -0.05) is 0 Å². The van der Waals surface area contributed by atoms with E-state index in [1.54, 1.807) is 0 Å². The maximum absolute atomic E-state index is 12.0. The van der Waals surface area contributed by atoms with Crippen molar-refractivity contribution in [2.75, 3.05) is 47.4 Å². The molecule has 2 saturated heterocycles. The predicted molar refractivity (Wildman–Crippen MR) is 93.7 cm³/mol. The Labute approximate surface area is 148 Å². The molecule has 3 rings (SSSR count). The molecule has 1 aromatic heterocycles. The molecule has 1 atom stereocenters. The molecule has 0 bridgehead atoms. The van der Waals surface area contributed by atoms with E-state index in [1.807, 2.05) is 11.9 Å². The number of carbonyl (C=O) groups is 1. The standard InChI is InChI=1S/C18H27N3O4/c1-19-7-6-18(5-4-17(19)23)13-21(9-8-20(18)2)11-14-10-15(22)16(24-3)12-25-14/h10,12H,4-9,11,13H2,1-3H3. The first-order chi connectivity index (χ1) is 11.9. The molecule has 0 aromatic carbocycles. The van der Waals surface area contributed by atoms with Gasteiger partial charge >= 0.3 is 0 Å². The van der Waals surface area contributed by atoms with Crippen LogP contribution in [0.15, 0.2) is 21.5 Å². The number of hydrogen-bond acceptors (Lipinski definition) is 6. The van der Waals surface area contributed by atoms with Crippen molar-refractivity contribution >= 4 is 5.91 Å². The van der Waals surface area contributed by atoms with Crippen LogP contribution in [0.5, 0.6) is 5.75 Å². The summed E-state index contributed by atoms with van der Waals surface area (Å²) in [7, 11) is 5.50. The van der Waals surface area contributed by atoms with Crippen molar-refractivity contribution in [3.63, 3.8) is 0 Å². The highest BCUT2D eigenvalue weighted by Gasteiger charge is 2.41. The molecule has 2 aliphatic rings. The van der Waals surface area contributed by atoms with Crippen molar-refractivity contribution in [3.8, 4) is 5.75 Å². The van der Waals surface area contributed by atoms with Gasteiger partial charge < -0.3 is 14.1 Å². The van der Waals surface area contributed by atoms with Crippen LogP contribution < -0.4 is 10.2 Å². The van der Waals surface area contributed by atoms with Gasteiger partial charge in [-0.3, -0.25) is 19.4 Å². The molecule has 3 heterocycles. The Kier molecular flexibility index (Phi) is 5.15. The van der Waals surface area contributed by atoms with Gasteiger partial charge in [0.05, 0.1) is 13.7 Å². The summed E-state index contributed by atoms with van der Waals surface area (Å²) < 4.78 is 10.5. The van der Waals surface area contributed by atoms with Gasteiger partial charge in [-0.05, 0) is 19.9 Å². The number of methoxy groups -OCH3 is 1. The first-order valence-corrected chi connectivity index (χ1v) is 8.77. The third-order valence-corrected chi connectivity index (χ3v) is 5.67. The third-order valence-electron chi connectivity index (χ3n) is 5.67. The van der Waals surface area contributed by atoms with E-state index in [1.165, 1.54) is 19.4 Å². The third kappa shape index (κ3) is 3.72. The van der Waals surface area contributed by atoms with Gasteiger partial charge in [0.2, 0.25) is 17.1 Å². The molecule has 1 unspecified atom stereocenters. The van der Waals surface area contributed by atoms with E-state index >= 15 is 0 Å². The van der Waals surface area contributed by atoms with Gasteiger partial charge in [0.1, 0.15) is 12.0 Å². The van der Waals surface area contributed by atoms with E-state index in [2.05, 4.69) is 16.8 Å². The number of carbonyl (C=O) groups excluding carboxylic acids is 1. The summed E-state index contributed by atoms with van der Waals surface area (Å²) in [4.78, 5) is 30.5. The Morgan fingerprint density at radius 3 is 2.72 bits per heavy atom. The Bertz CT molecular complexity index is 689. The molecule has 7 heteroatoms. The summed E-state index contributed by atoms with van der Waals surface area (Å²) in [5, 5.41) is 0. The van der Waals surface area contributed by atoms with Crippen LogP contribution in [0.1, 0.15) is 25.0 Å². The Morgan fingerprint density at radius 2 is 2.00 bits per heavy atom. The molecule has 1 amide bonds. The smallest absolute Gasteiger partial charge is 0.227 e. The normalized spacial score (nSPS) is 26.0. The fourth-order valence-corrected chi connectivity index (χ4v) is 3.87. The highest BCUT2D eigenvalue weighted by molar-refractivity contribution is 5.76. The van der Waals surface area contributed by atoms with E-state index in [0.29, 0.717) is 18.7 Å². The number of likely N-dealkylation sites (tertiary alicyclic amines) is 1. The number of hydrogen-bond donors (Lipinski definition) is 0. The van der Waals surface area contributed by atoms with E-state index in [4.69, 9.17) is 9.15 Å². The van der Waals surface area contributed by atoms with Crippen molar-refractivity contribution < 1.29 is 13.9 Å². The second kappa shape index (κ2) is 7.17. The van der Waals surface area contributed by atoms with Crippen LogP contribution in [0.25, 0.3) is 0 Å². The summed E-state index contributed by atoms with van der Waals surface area (Å²) in [5.74, 6) is 1.10. The molecule has 2 aliphatic heterocycles. The summed E-state index contributed by atoms with van der Waals surface area (Å²) in [6.07, 6.45) is 3.81. The maximum atomic E-state index is 12.0. The van der Waals surface area contributed by atoms with Gasteiger partial charge in [-0.25, -0.2) is 0 Å². The molecule has 1 aromatic rings. The van der Waals surface area contributed by atoms with Crippen LogP contribution in [0.4, 0.5) is 0 Å². The molecule has 0 saturated carbocycles. The topological polar surface area (TPSA) is 66.2 Å². The molecular weight excluding hydrogens is 322 g/mol. The van der Waals surface area contributed by atoms with Gasteiger partial charge in [-0.2, -0.15) is 0 Å². The number of rotatable bonds is 3. The van der Waals surface area contributed by atoms with Crippen molar-refractivity contribution in [1.29, 1.82) is 0 Å². The van der Waals surface area contributed by atoms with Crippen LogP contribution in [-0.4, -0.2) is 73.5 Å². The van der Waals surface area contributed by atoms with Gasteiger partial charge in [0, 0.05) is 51.3 Å². The van der Waals surface area contributed by atoms with E-state index in [0.717, 1.165) is 39.0 Å². The SMILES string of the molecule is COc1coc(CN2CCN(C)C3(CCC(=O)N(C)CC3)C2)cc1=O. The average molecular weight is 349 g/mol. The summed E-state index contributed by atoms with van der Waals surface area (Å²) >= 11 is 0. The molecule has 0 aliphatic carbocycles. The van der Waals surface area contributed by atoms with Crippen LogP contribution >= 0.6 is 0 Å². The first kappa shape index (κ1) is 17.9. The number of amides is 1. The number of piperazine rings is 1. The van der Waals surface area contributed by atoms with Gasteiger partial charge in [-0.15, -0.1) is 0 Å². The minimum Gasteiger partial charge on any atom is -0.490 e. The number of likely N-dealkylation sites (N-methyl/N-ethyl adjacent to an activating group) is 1. The fourth-order valence-electron chi connectivity index (χ4n) is 3.87. The van der Waals surface area contributed by atoms with Crippen LogP contribution in [-0.2, 0) is 11.3 Å². The van der Waals surface area contributed by atoms with Crippen molar-refractivity contribution in [2.45, 2.75) is 31.3 Å². The number of nitrogens with zero attached hydrogens (tertiary/aromatic N) is 3. The minimum absolute atomic E-state index is 0.00539. The average Bonchev–Trinajstić information content (AvgIpc) is 2.73. The largest absolute Gasteiger partial charge is 0.490 e. The molecule has 0 radical (unpaired) electrons. The van der Waals surface area contributed by atoms with Crippen LogP contribution in [0.2, 0.25) is 0 Å². The zero-order chi connectivity index (χ0) is 18.0. The maximum Gasteiger partial charge on any atom is 0.227 e. The Morgan fingerprint density at radius 1 is 1.20 bits per heavy atom. The second-order valence-electron chi connectivity index (χ2n) is 7.20. The molecule has 138 valence electrons. The van der Waals surface area contributed by atoms with Crippen molar-refractivity contribution in [1.82, 2.24) is 14.7 Å². The van der Waals surface area contributed by atoms with E-state index in [-0.39, 0.29) is 22.6 Å². The summed E-state index contributed by atoms with van der Waals surface area (Å²) in [6, 6.07) is 1.51. The number of ether oxygens (including phenoxy) is 1. The minimum atomic E-state index is -0.158. The zero-order valence-corrected chi connectivity index (χ0v) is 15.3. The molecule has 7 nitrogen and oxygen atoms in total. The predicted octanol–water partition coefficient (Wildman–Crippen LogP) is 0.777. The molecule has 25 heavy (non-hydrogen) atoms. The van der Waals surface area contributed by atoms with Crippen molar-refractivity contribution in [2.24, 2.45) is 0 Å². The quantitative estimate of drug-likeness (QED) is 0.803. The molecule has 2 fully saturated rings. The van der Waals surface area contributed by atoms with Crippen LogP contribution in [0, 0.1) is 0 Å². The lowest BCUT2D eigenvalue weighted by Gasteiger charge is -2.49. The Hall–Kier alpha value is -1.86. The Balaban J connectivity index is 1.73.